The van der Waals surface area contributed by atoms with Gasteiger partial charge in [-0.05, 0) is 16.9 Å². The Hall–Kier alpha value is -2.24. The van der Waals surface area contributed by atoms with E-state index in [1.807, 2.05) is 0 Å². The second-order valence-corrected chi connectivity index (χ2v) is 7.14. The normalized spacial score (nSPS) is 17.0. The van der Waals surface area contributed by atoms with Crippen molar-refractivity contribution in [2.24, 2.45) is 4.74 Å². The third-order valence-electron chi connectivity index (χ3n) is 3.87. The molecule has 0 saturated heterocycles. The third-order valence-corrected chi connectivity index (χ3v) is 6.19. The molecule has 0 aromatic heterocycles. The summed E-state index contributed by atoms with van der Waals surface area (Å²) in [5, 5.41) is 1.19. The van der Waals surface area contributed by atoms with E-state index in [0.717, 1.165) is 0 Å². The summed E-state index contributed by atoms with van der Waals surface area (Å²) in [6.45, 7) is 0. The minimum absolute atomic E-state index is 0.154. The van der Waals surface area contributed by atoms with Crippen LogP contribution < -0.4 is 5.30 Å². The molecule has 0 saturated carbocycles. The molecule has 0 fully saturated rings. The summed E-state index contributed by atoms with van der Waals surface area (Å²) in [7, 11) is -0.521. The predicted octanol–water partition coefficient (Wildman–Crippen LogP) is 4.89. The topological polar surface area (TPSA) is 12.4 Å². The molecule has 4 rings (SSSR count). The van der Waals surface area contributed by atoms with E-state index >= 15 is 0 Å². The van der Waals surface area contributed by atoms with Gasteiger partial charge in [0.25, 0.3) is 7.71 Å². The Balaban J connectivity index is 1.84. The van der Waals surface area contributed by atoms with Crippen molar-refractivity contribution in [1.29, 1.82) is 0 Å². The van der Waals surface area contributed by atoms with Crippen LogP contribution in [0.2, 0.25) is 0 Å². The summed E-state index contributed by atoms with van der Waals surface area (Å²) < 4.78 is 5.06. The largest absolute Gasteiger partial charge is 0.329 e. The van der Waals surface area contributed by atoms with E-state index in [9.17, 15) is 0 Å². The van der Waals surface area contributed by atoms with Crippen LogP contribution in [0.25, 0.3) is 0 Å². The van der Waals surface area contributed by atoms with Crippen LogP contribution in [-0.4, -0.2) is 0 Å². The zero-order valence-electron chi connectivity index (χ0n) is 11.6. The second-order valence-electron chi connectivity index (χ2n) is 5.15. The standard InChI is InChI=1S/C19H15NP/c1-4-10-16(11-5-1)19(17-12-6-2-7-13-17)20-21(19)18-14-8-3-9-15-18/h1-15H/q+1. The molecule has 1 heterocycles. The van der Waals surface area contributed by atoms with Gasteiger partial charge in [0.15, 0.2) is 5.30 Å². The van der Waals surface area contributed by atoms with Crippen LogP contribution in [0.3, 0.4) is 0 Å². The summed E-state index contributed by atoms with van der Waals surface area (Å²) >= 11 is 0. The van der Waals surface area contributed by atoms with Gasteiger partial charge in [-0.15, -0.1) is 0 Å². The summed E-state index contributed by atoms with van der Waals surface area (Å²) in [5.74, 6) is 0. The summed E-state index contributed by atoms with van der Waals surface area (Å²) in [6.07, 6.45) is 0. The van der Waals surface area contributed by atoms with Crippen molar-refractivity contribution in [2.45, 2.75) is 5.28 Å². The van der Waals surface area contributed by atoms with E-state index in [-0.39, 0.29) is 5.28 Å². The van der Waals surface area contributed by atoms with Crippen molar-refractivity contribution < 1.29 is 0 Å². The number of hydrogen-bond donors (Lipinski definition) is 0. The maximum atomic E-state index is 5.06. The van der Waals surface area contributed by atoms with E-state index in [0.29, 0.717) is 0 Å². The smallest absolute Gasteiger partial charge is 0.0622 e. The Kier molecular flexibility index (Phi) is 2.94. The number of rotatable bonds is 3. The first-order valence-electron chi connectivity index (χ1n) is 7.10. The molecule has 1 nitrogen and oxygen atoms in total. The molecule has 1 aliphatic rings. The van der Waals surface area contributed by atoms with Crippen molar-refractivity contribution in [3.63, 3.8) is 0 Å². The molecule has 0 amide bonds. The molecule has 21 heavy (non-hydrogen) atoms. The fourth-order valence-electron chi connectivity index (χ4n) is 2.80. The maximum absolute atomic E-state index is 5.06. The Labute approximate surface area is 125 Å². The zero-order chi connectivity index (χ0) is 14.1. The predicted molar refractivity (Wildman–Crippen MR) is 89.1 cm³/mol. The molecule has 1 atom stereocenters. The number of nitrogens with zero attached hydrogens (tertiary/aromatic N) is 1. The zero-order valence-corrected chi connectivity index (χ0v) is 12.4. The number of hydrogen-bond acceptors (Lipinski definition) is 1. The highest BCUT2D eigenvalue weighted by Gasteiger charge is 2.65. The molecule has 100 valence electrons. The first-order chi connectivity index (χ1) is 10.4. The molecule has 3 aromatic carbocycles. The average molecular weight is 288 g/mol. The van der Waals surface area contributed by atoms with Gasteiger partial charge in [-0.3, -0.25) is 0 Å². The second kappa shape index (κ2) is 4.95. The molecule has 0 radical (unpaired) electrons. The molecular formula is C19H15NP+. The van der Waals surface area contributed by atoms with Crippen LogP contribution in [-0.2, 0) is 5.28 Å². The molecular weight excluding hydrogens is 273 g/mol. The van der Waals surface area contributed by atoms with Crippen molar-refractivity contribution in [3.05, 3.63) is 102 Å². The highest BCUT2D eigenvalue weighted by atomic mass is 31.1. The summed E-state index contributed by atoms with van der Waals surface area (Å²) in [6, 6.07) is 32.0. The Morgan fingerprint density at radius 3 is 1.48 bits per heavy atom. The van der Waals surface area contributed by atoms with Crippen LogP contribution >= 0.6 is 7.71 Å². The van der Waals surface area contributed by atoms with Gasteiger partial charge in [0, 0.05) is 11.1 Å². The van der Waals surface area contributed by atoms with Gasteiger partial charge in [-0.25, -0.2) is 0 Å². The quantitative estimate of drug-likeness (QED) is 0.608. The molecule has 0 aliphatic carbocycles. The highest BCUT2D eigenvalue weighted by molar-refractivity contribution is 7.62. The van der Waals surface area contributed by atoms with Crippen molar-refractivity contribution >= 4 is 13.0 Å². The minimum atomic E-state index is -0.521. The summed E-state index contributed by atoms with van der Waals surface area (Å²) in [4.78, 5) is 0. The van der Waals surface area contributed by atoms with E-state index in [1.54, 1.807) is 0 Å². The minimum Gasteiger partial charge on any atom is -0.0622 e. The molecule has 0 N–H and O–H groups in total. The first-order valence-corrected chi connectivity index (χ1v) is 8.40. The fourth-order valence-corrected chi connectivity index (χ4v) is 5.14. The van der Waals surface area contributed by atoms with Crippen LogP contribution in [0.1, 0.15) is 11.1 Å². The van der Waals surface area contributed by atoms with E-state index in [1.165, 1.54) is 16.4 Å². The van der Waals surface area contributed by atoms with Gasteiger partial charge in [-0.1, -0.05) is 78.9 Å². The molecule has 1 aliphatic heterocycles. The van der Waals surface area contributed by atoms with E-state index < -0.39 is 7.71 Å². The maximum Gasteiger partial charge on any atom is 0.329 e. The fraction of sp³-hybridized carbons (Fsp3) is 0.0526. The lowest BCUT2D eigenvalue weighted by molar-refractivity contribution is 0.879. The average Bonchev–Trinajstić information content (AvgIpc) is 3.34. The molecule has 3 aromatic rings. The van der Waals surface area contributed by atoms with Crippen LogP contribution in [0.15, 0.2) is 95.7 Å². The molecule has 2 heteroatoms. The molecule has 0 spiro atoms. The van der Waals surface area contributed by atoms with Crippen LogP contribution in [0, 0.1) is 0 Å². The SMILES string of the molecule is c1ccc([P+]2=NC2(c2ccccc2)c2ccccc2)cc1. The Morgan fingerprint density at radius 2 is 1.00 bits per heavy atom. The molecule has 1 unspecified atom stereocenters. The Morgan fingerprint density at radius 1 is 0.571 bits per heavy atom. The lowest BCUT2D eigenvalue weighted by atomic mass is 9.99. The highest BCUT2D eigenvalue weighted by Crippen LogP contribution is 2.68. The van der Waals surface area contributed by atoms with Gasteiger partial charge in [0.2, 0.25) is 0 Å². The number of benzene rings is 3. The van der Waals surface area contributed by atoms with E-state index in [2.05, 4.69) is 91.0 Å². The molecule has 0 bridgehead atoms. The van der Waals surface area contributed by atoms with Gasteiger partial charge in [-0.2, -0.15) is 0 Å². The van der Waals surface area contributed by atoms with Crippen molar-refractivity contribution in [1.82, 2.24) is 0 Å². The van der Waals surface area contributed by atoms with Gasteiger partial charge in [0.1, 0.15) is 0 Å². The van der Waals surface area contributed by atoms with E-state index in [4.69, 9.17) is 4.74 Å². The lowest BCUT2D eigenvalue weighted by Crippen LogP contribution is -2.12. The summed E-state index contributed by atoms with van der Waals surface area (Å²) in [5.41, 5.74) is 2.59. The van der Waals surface area contributed by atoms with Crippen LogP contribution in [0.5, 0.6) is 0 Å². The monoisotopic (exact) mass is 288 g/mol. The van der Waals surface area contributed by atoms with Gasteiger partial charge < -0.3 is 0 Å². The van der Waals surface area contributed by atoms with Crippen LogP contribution in [0.4, 0.5) is 0 Å². The van der Waals surface area contributed by atoms with Crippen molar-refractivity contribution in [3.8, 4) is 0 Å². The van der Waals surface area contributed by atoms with Gasteiger partial charge in [0.05, 0.1) is 0 Å². The van der Waals surface area contributed by atoms with Crippen molar-refractivity contribution in [2.75, 3.05) is 0 Å². The third kappa shape index (κ3) is 2.02. The van der Waals surface area contributed by atoms with Gasteiger partial charge >= 0.3 is 5.28 Å². The lowest BCUT2D eigenvalue weighted by Gasteiger charge is -2.07. The Bertz CT molecular complexity index is 740. The first kappa shape index (κ1) is 12.5.